The van der Waals surface area contributed by atoms with Gasteiger partial charge in [-0.25, -0.2) is 0 Å². The first kappa shape index (κ1) is 52.1. The fraction of sp³-hybridized carbons (Fsp3) is 0.727. The zero-order valence-electron chi connectivity index (χ0n) is 29.0. The molecule has 19 nitrogen and oxygen atoms in total. The first-order chi connectivity index (χ1) is 25.1. The standard InChI is InChI=1S/C24H32N6O6.C6H14O6.C3H3N/c25-7-1-13-32-20-22(34-15-3-9-27)24(36-17-5-11-29)23(35-16-4-10-28)21(33-14-2-8-26)6-18-31-19-12-30;7-1-3(9)5(11)6(12)4(10)2-8;1-2-3-4/h21-24H,1-6,13-20H2;3-12H,1-2H2;2H,1H2/t21-,22+,23+,24+;3-,4+,5-,6-;/m01./s1. The van der Waals surface area contributed by atoms with Crippen LogP contribution < -0.4 is 0 Å². The number of nitriles is 7. The van der Waals surface area contributed by atoms with Gasteiger partial charge in [0.25, 0.3) is 0 Å². The molecule has 0 radical (unpaired) electrons. The van der Waals surface area contributed by atoms with Crippen molar-refractivity contribution in [1.82, 2.24) is 0 Å². The molecule has 0 unspecified atom stereocenters. The molecule has 0 bridgehead atoms. The van der Waals surface area contributed by atoms with Gasteiger partial charge in [-0.2, -0.15) is 36.8 Å². The highest BCUT2D eigenvalue weighted by atomic mass is 16.6. The number of rotatable bonds is 28. The Balaban J connectivity index is -0.00000124. The normalized spacial score (nSPS) is 14.6. The van der Waals surface area contributed by atoms with Crippen molar-refractivity contribution in [2.24, 2.45) is 0 Å². The Morgan fingerprint density at radius 2 is 0.904 bits per heavy atom. The highest BCUT2D eigenvalue weighted by molar-refractivity contribution is 4.93. The van der Waals surface area contributed by atoms with Crippen LogP contribution in [0.15, 0.2) is 12.7 Å². The van der Waals surface area contributed by atoms with Gasteiger partial charge in [-0.15, -0.1) is 0 Å². The molecule has 6 N–H and O–H groups in total. The van der Waals surface area contributed by atoms with Crippen LogP contribution in [-0.2, 0) is 28.4 Å². The summed E-state index contributed by atoms with van der Waals surface area (Å²) >= 11 is 0. The van der Waals surface area contributed by atoms with E-state index in [0.29, 0.717) is 0 Å². The maximum absolute atomic E-state index is 9.01. The Morgan fingerprint density at radius 3 is 1.29 bits per heavy atom. The van der Waals surface area contributed by atoms with Gasteiger partial charge < -0.3 is 59.1 Å². The molecule has 52 heavy (non-hydrogen) atoms. The molecule has 0 rings (SSSR count). The predicted octanol–water partition coefficient (Wildman–Crippen LogP) is -0.847. The molecule has 0 aromatic carbocycles. The minimum Gasteiger partial charge on any atom is -0.394 e. The molecule has 0 fully saturated rings. The van der Waals surface area contributed by atoms with E-state index in [4.69, 9.17) is 95.9 Å². The molecule has 0 aliphatic carbocycles. The number of aliphatic hydroxyl groups excluding tert-OH is 6. The first-order valence-electron chi connectivity index (χ1n) is 15.9. The highest BCUT2D eigenvalue weighted by Gasteiger charge is 2.38. The lowest BCUT2D eigenvalue weighted by atomic mass is 9.99. The molecule has 8 atom stereocenters. The molecule has 0 aromatic heterocycles. The number of nitrogens with zero attached hydrogens (tertiary/aromatic N) is 7. The molecular weight excluding hydrogens is 686 g/mol. The molecule has 0 aliphatic heterocycles. The van der Waals surface area contributed by atoms with Gasteiger partial charge in [0.1, 0.15) is 49.3 Å². The van der Waals surface area contributed by atoms with Gasteiger partial charge in [0, 0.05) is 6.08 Å². The van der Waals surface area contributed by atoms with E-state index < -0.39 is 62.0 Å². The SMILES string of the molecule is C=CC#N.N#CCCOC[C@@H](OCCC#N)[C@@H](OCCC#N)[C@H](OCCC#N)[C@H](CCOCC#N)OCCC#N.OC[C@@H](O)[C@@H](O)[C@H](O)[C@@H](O)CO. The lowest BCUT2D eigenvalue weighted by Crippen LogP contribution is -2.51. The average molecular weight is 736 g/mol. The van der Waals surface area contributed by atoms with Crippen molar-refractivity contribution in [1.29, 1.82) is 36.8 Å². The van der Waals surface area contributed by atoms with E-state index >= 15 is 0 Å². The van der Waals surface area contributed by atoms with Gasteiger partial charge >= 0.3 is 0 Å². The summed E-state index contributed by atoms with van der Waals surface area (Å²) in [5, 5.41) is 113. The smallest absolute Gasteiger partial charge is 0.133 e. The highest BCUT2D eigenvalue weighted by Crippen LogP contribution is 2.22. The molecule has 0 saturated carbocycles. The molecule has 0 amide bonds. The van der Waals surface area contributed by atoms with Crippen molar-refractivity contribution in [2.75, 3.05) is 66.1 Å². The lowest BCUT2D eigenvalue weighted by molar-refractivity contribution is -0.189. The number of ether oxygens (including phenoxy) is 6. The Bertz CT molecular complexity index is 1100. The van der Waals surface area contributed by atoms with Crippen LogP contribution in [0.5, 0.6) is 0 Å². The monoisotopic (exact) mass is 735 g/mol. The molecule has 288 valence electrons. The second kappa shape index (κ2) is 39.5. The van der Waals surface area contributed by atoms with E-state index in [1.165, 1.54) is 6.08 Å². The maximum atomic E-state index is 9.01. The summed E-state index contributed by atoms with van der Waals surface area (Å²) in [6.07, 6.45) is -7.45. The van der Waals surface area contributed by atoms with E-state index in [9.17, 15) is 0 Å². The minimum atomic E-state index is -1.67. The van der Waals surface area contributed by atoms with Crippen molar-refractivity contribution in [3.63, 3.8) is 0 Å². The molecule has 0 heterocycles. The van der Waals surface area contributed by atoms with Crippen LogP contribution in [0.1, 0.15) is 38.5 Å². The lowest BCUT2D eigenvalue weighted by Gasteiger charge is -2.37. The third kappa shape index (κ3) is 28.4. The molecule has 19 heteroatoms. The third-order valence-electron chi connectivity index (χ3n) is 6.15. The van der Waals surface area contributed by atoms with E-state index in [-0.39, 0.29) is 91.4 Å². The number of allylic oxidation sites excluding steroid dienone is 1. The first-order valence-corrected chi connectivity index (χ1v) is 15.9. The van der Waals surface area contributed by atoms with Crippen LogP contribution in [-0.4, -0.2) is 146 Å². The van der Waals surface area contributed by atoms with Gasteiger partial charge in [-0.1, -0.05) is 6.58 Å². The fourth-order valence-electron chi connectivity index (χ4n) is 3.71. The molecule has 0 aliphatic rings. The third-order valence-corrected chi connectivity index (χ3v) is 6.15. The van der Waals surface area contributed by atoms with Gasteiger partial charge in [0.15, 0.2) is 0 Å². The zero-order chi connectivity index (χ0) is 39.8. The predicted molar refractivity (Wildman–Crippen MR) is 176 cm³/mol. The van der Waals surface area contributed by atoms with Gasteiger partial charge in [-0.05, 0) is 6.42 Å². The number of hydrogen-bond donors (Lipinski definition) is 6. The van der Waals surface area contributed by atoms with Crippen molar-refractivity contribution >= 4 is 0 Å². The Kier molecular flexibility index (Phi) is 39.5. The van der Waals surface area contributed by atoms with Crippen molar-refractivity contribution < 1.29 is 59.1 Å². The summed E-state index contributed by atoms with van der Waals surface area (Å²) in [5.74, 6) is 0. The quantitative estimate of drug-likeness (QED) is 0.0421. The Hall–Kier alpha value is -4.31. The van der Waals surface area contributed by atoms with Gasteiger partial charge in [0.2, 0.25) is 0 Å². The summed E-state index contributed by atoms with van der Waals surface area (Å²) in [6, 6.07) is 13.6. The Morgan fingerprint density at radius 1 is 0.519 bits per heavy atom. The second-order valence-electron chi connectivity index (χ2n) is 9.92. The maximum Gasteiger partial charge on any atom is 0.133 e. The fourth-order valence-corrected chi connectivity index (χ4v) is 3.71. The van der Waals surface area contributed by atoms with Crippen LogP contribution in [0.4, 0.5) is 0 Å². The van der Waals surface area contributed by atoms with E-state index in [1.54, 1.807) is 6.07 Å². The van der Waals surface area contributed by atoms with Crippen LogP contribution in [0, 0.1) is 79.3 Å². The van der Waals surface area contributed by atoms with Gasteiger partial charge in [-0.3, -0.25) is 0 Å². The number of hydrogen-bond acceptors (Lipinski definition) is 19. The van der Waals surface area contributed by atoms with Crippen LogP contribution in [0.25, 0.3) is 0 Å². The summed E-state index contributed by atoms with van der Waals surface area (Å²) in [4.78, 5) is 0. The molecule has 0 aromatic rings. The van der Waals surface area contributed by atoms with Crippen molar-refractivity contribution in [2.45, 2.75) is 87.4 Å². The number of aliphatic hydroxyl groups is 6. The van der Waals surface area contributed by atoms with E-state index in [1.807, 2.05) is 36.4 Å². The van der Waals surface area contributed by atoms with Crippen LogP contribution in [0.2, 0.25) is 0 Å². The summed E-state index contributed by atoms with van der Waals surface area (Å²) in [5.41, 5.74) is 0. The summed E-state index contributed by atoms with van der Waals surface area (Å²) in [6.45, 7) is 2.16. The van der Waals surface area contributed by atoms with Crippen LogP contribution in [0.3, 0.4) is 0 Å². The topological polar surface area (TPSA) is 343 Å². The average Bonchev–Trinajstić information content (AvgIpc) is 3.16. The Labute approximate surface area is 304 Å². The second-order valence-corrected chi connectivity index (χ2v) is 9.92. The largest absolute Gasteiger partial charge is 0.394 e. The molecular formula is C33H49N7O12. The zero-order valence-corrected chi connectivity index (χ0v) is 29.0. The molecule has 0 spiro atoms. The van der Waals surface area contributed by atoms with Crippen LogP contribution >= 0.6 is 0 Å². The minimum absolute atomic E-state index is 0.0122. The summed E-state index contributed by atoms with van der Waals surface area (Å²) in [7, 11) is 0. The summed E-state index contributed by atoms with van der Waals surface area (Å²) < 4.78 is 34.8. The van der Waals surface area contributed by atoms with Crippen molar-refractivity contribution in [3.8, 4) is 42.5 Å². The van der Waals surface area contributed by atoms with Crippen molar-refractivity contribution in [3.05, 3.63) is 12.7 Å². The van der Waals surface area contributed by atoms with Gasteiger partial charge in [0.05, 0.1) is 140 Å². The van der Waals surface area contributed by atoms with E-state index in [0.717, 1.165) is 0 Å². The van der Waals surface area contributed by atoms with E-state index in [2.05, 4.69) is 6.58 Å². The molecule has 0 saturated heterocycles.